The van der Waals surface area contributed by atoms with E-state index in [4.69, 9.17) is 9.84 Å². The van der Waals surface area contributed by atoms with Crippen molar-refractivity contribution in [1.82, 2.24) is 0 Å². The molecule has 0 aromatic heterocycles. The first-order chi connectivity index (χ1) is 6.70. The number of nitrogens with zero attached hydrogens (tertiary/aromatic N) is 1. The number of benzene rings is 1. The van der Waals surface area contributed by atoms with Crippen LogP contribution in [-0.2, 0) is 11.2 Å². The molecule has 1 aromatic carbocycles. The summed E-state index contributed by atoms with van der Waals surface area (Å²) in [5.41, 5.74) is 1.96. The summed E-state index contributed by atoms with van der Waals surface area (Å²) in [6.07, 6.45) is 0.645. The molecule has 0 radical (unpaired) electrons. The summed E-state index contributed by atoms with van der Waals surface area (Å²) in [5, 5.41) is 8.76. The van der Waals surface area contributed by atoms with Crippen molar-refractivity contribution in [3.8, 4) is 0 Å². The van der Waals surface area contributed by atoms with Gasteiger partial charge in [-0.2, -0.15) is 0 Å². The summed E-state index contributed by atoms with van der Waals surface area (Å²) in [6.45, 7) is 0. The van der Waals surface area contributed by atoms with Gasteiger partial charge in [-0.25, -0.2) is 9.79 Å². The number of carboxylic acids is 1. The van der Waals surface area contributed by atoms with Crippen molar-refractivity contribution >= 4 is 17.6 Å². The second-order valence-electron chi connectivity index (χ2n) is 3.04. The van der Waals surface area contributed by atoms with Gasteiger partial charge < -0.3 is 9.84 Å². The average molecular weight is 191 g/mol. The smallest absolute Gasteiger partial charge is 0.335 e. The predicted molar refractivity (Wildman–Crippen MR) is 51.2 cm³/mol. The Hall–Kier alpha value is -1.84. The molecule has 4 nitrogen and oxygen atoms in total. The fourth-order valence-corrected chi connectivity index (χ4v) is 1.41. The van der Waals surface area contributed by atoms with Crippen LogP contribution in [0.5, 0.6) is 0 Å². The molecule has 2 rings (SSSR count). The molecule has 0 aliphatic carbocycles. The Labute approximate surface area is 80.8 Å². The Morgan fingerprint density at radius 2 is 2.36 bits per heavy atom. The highest BCUT2D eigenvalue weighted by Crippen LogP contribution is 2.27. The van der Waals surface area contributed by atoms with Crippen LogP contribution in [0.4, 0.5) is 5.69 Å². The van der Waals surface area contributed by atoms with E-state index in [2.05, 4.69) is 4.99 Å². The highest BCUT2D eigenvalue weighted by atomic mass is 16.5. The molecule has 4 heteroatoms. The fourth-order valence-electron chi connectivity index (χ4n) is 1.41. The van der Waals surface area contributed by atoms with Crippen molar-refractivity contribution < 1.29 is 14.6 Å². The number of methoxy groups -OCH3 is 1. The maximum atomic E-state index is 10.7. The number of fused-ring (bicyclic) bond motifs is 1. The van der Waals surface area contributed by atoms with Crippen LogP contribution in [0.25, 0.3) is 0 Å². The summed E-state index contributed by atoms with van der Waals surface area (Å²) >= 11 is 0. The molecule has 0 atom stereocenters. The lowest BCUT2D eigenvalue weighted by atomic mass is 10.1. The third kappa shape index (κ3) is 1.35. The van der Waals surface area contributed by atoms with Crippen molar-refractivity contribution in [1.29, 1.82) is 0 Å². The molecule has 0 saturated heterocycles. The lowest BCUT2D eigenvalue weighted by Crippen LogP contribution is -1.99. The molecule has 0 fully saturated rings. The van der Waals surface area contributed by atoms with Gasteiger partial charge in [0, 0.05) is 0 Å². The quantitative estimate of drug-likeness (QED) is 0.733. The van der Waals surface area contributed by atoms with Gasteiger partial charge in [0.1, 0.15) is 0 Å². The molecule has 72 valence electrons. The largest absolute Gasteiger partial charge is 0.484 e. The lowest BCUT2D eigenvalue weighted by Gasteiger charge is -1.97. The minimum Gasteiger partial charge on any atom is -0.484 e. The maximum absolute atomic E-state index is 10.7. The molecule has 0 saturated carbocycles. The van der Waals surface area contributed by atoms with Crippen LogP contribution >= 0.6 is 0 Å². The van der Waals surface area contributed by atoms with Gasteiger partial charge in [0.25, 0.3) is 0 Å². The Kier molecular flexibility index (Phi) is 1.96. The number of aliphatic imine (C=N–C) groups is 1. The molecule has 14 heavy (non-hydrogen) atoms. The van der Waals surface area contributed by atoms with Crippen molar-refractivity contribution in [3.63, 3.8) is 0 Å². The number of hydrogen-bond donors (Lipinski definition) is 1. The molecule has 0 unspecified atom stereocenters. The molecule has 0 bridgehead atoms. The van der Waals surface area contributed by atoms with Crippen molar-refractivity contribution in [2.45, 2.75) is 6.42 Å². The minimum atomic E-state index is -0.936. The van der Waals surface area contributed by atoms with E-state index in [0.717, 1.165) is 5.56 Å². The monoisotopic (exact) mass is 191 g/mol. The van der Waals surface area contributed by atoms with E-state index in [9.17, 15) is 4.79 Å². The zero-order valence-corrected chi connectivity index (χ0v) is 7.65. The summed E-state index contributed by atoms with van der Waals surface area (Å²) in [6, 6.07) is 4.91. The normalized spacial score (nSPS) is 13.4. The molecular formula is C10H9NO3. The lowest BCUT2D eigenvalue weighted by molar-refractivity contribution is 0.0697. The highest BCUT2D eigenvalue weighted by molar-refractivity contribution is 5.92. The Balaban J connectivity index is 2.41. The van der Waals surface area contributed by atoms with Gasteiger partial charge in [0.2, 0.25) is 0 Å². The summed E-state index contributed by atoms with van der Waals surface area (Å²) < 4.78 is 5.00. The molecule has 1 heterocycles. The molecule has 1 aliphatic rings. The average Bonchev–Trinajstić information content (AvgIpc) is 2.58. The highest BCUT2D eigenvalue weighted by Gasteiger charge is 2.16. The summed E-state index contributed by atoms with van der Waals surface area (Å²) in [4.78, 5) is 14.8. The van der Waals surface area contributed by atoms with Gasteiger partial charge in [-0.05, 0) is 17.7 Å². The third-order valence-electron chi connectivity index (χ3n) is 2.15. The third-order valence-corrected chi connectivity index (χ3v) is 2.15. The predicted octanol–water partition coefficient (Wildman–Crippen LogP) is 1.62. The molecule has 0 spiro atoms. The van der Waals surface area contributed by atoms with E-state index < -0.39 is 5.97 Å². The zero-order valence-electron chi connectivity index (χ0n) is 7.65. The van der Waals surface area contributed by atoms with Crippen molar-refractivity contribution in [2.75, 3.05) is 7.11 Å². The second-order valence-corrected chi connectivity index (χ2v) is 3.04. The van der Waals surface area contributed by atoms with Gasteiger partial charge in [-0.15, -0.1) is 0 Å². The Morgan fingerprint density at radius 1 is 1.57 bits per heavy atom. The number of rotatable bonds is 1. The van der Waals surface area contributed by atoms with Crippen LogP contribution in [0.15, 0.2) is 23.2 Å². The minimum absolute atomic E-state index is 0.254. The summed E-state index contributed by atoms with van der Waals surface area (Å²) in [7, 11) is 1.56. The number of carbonyl (C=O) groups is 1. The van der Waals surface area contributed by atoms with Crippen LogP contribution < -0.4 is 0 Å². The topological polar surface area (TPSA) is 58.9 Å². The van der Waals surface area contributed by atoms with E-state index in [1.165, 1.54) is 0 Å². The fraction of sp³-hybridized carbons (Fsp3) is 0.200. The number of aromatic carboxylic acids is 1. The van der Waals surface area contributed by atoms with Gasteiger partial charge >= 0.3 is 5.97 Å². The number of ether oxygens (including phenoxy) is 1. The Morgan fingerprint density at radius 3 is 3.00 bits per heavy atom. The molecule has 0 amide bonds. The van der Waals surface area contributed by atoms with Crippen molar-refractivity contribution in [3.05, 3.63) is 29.3 Å². The number of hydrogen-bond acceptors (Lipinski definition) is 3. The van der Waals surface area contributed by atoms with E-state index in [1.807, 2.05) is 0 Å². The standard InChI is InChI=1S/C10H9NO3/c1-14-9-5-6-2-3-7(10(12)13)4-8(6)11-9/h2-4H,5H2,1H3,(H,12,13). The van der Waals surface area contributed by atoms with Gasteiger partial charge in [0.05, 0.1) is 24.8 Å². The van der Waals surface area contributed by atoms with Gasteiger partial charge in [-0.3, -0.25) is 0 Å². The van der Waals surface area contributed by atoms with Crippen LogP contribution in [0.1, 0.15) is 15.9 Å². The van der Waals surface area contributed by atoms with Crippen molar-refractivity contribution in [2.24, 2.45) is 4.99 Å². The van der Waals surface area contributed by atoms with Crippen LogP contribution in [0, 0.1) is 0 Å². The van der Waals surface area contributed by atoms with E-state index in [1.54, 1.807) is 25.3 Å². The van der Waals surface area contributed by atoms with Gasteiger partial charge in [0.15, 0.2) is 5.90 Å². The molecule has 1 N–H and O–H groups in total. The first-order valence-corrected chi connectivity index (χ1v) is 4.18. The first-order valence-electron chi connectivity index (χ1n) is 4.18. The second kappa shape index (κ2) is 3.14. The first kappa shape index (κ1) is 8.74. The van der Waals surface area contributed by atoms with Crippen LogP contribution in [-0.4, -0.2) is 24.1 Å². The number of carboxylic acid groups (broad SMARTS) is 1. The van der Waals surface area contributed by atoms with Crippen LogP contribution in [0.2, 0.25) is 0 Å². The zero-order chi connectivity index (χ0) is 10.1. The molecule has 1 aromatic rings. The summed E-state index contributed by atoms with van der Waals surface area (Å²) in [5.74, 6) is -0.309. The van der Waals surface area contributed by atoms with E-state index in [0.29, 0.717) is 18.0 Å². The van der Waals surface area contributed by atoms with Crippen LogP contribution in [0.3, 0.4) is 0 Å². The molecular weight excluding hydrogens is 182 g/mol. The molecule has 1 aliphatic heterocycles. The maximum Gasteiger partial charge on any atom is 0.335 e. The van der Waals surface area contributed by atoms with E-state index in [-0.39, 0.29) is 5.56 Å². The van der Waals surface area contributed by atoms with E-state index >= 15 is 0 Å². The Bertz CT molecular complexity index is 423. The van der Waals surface area contributed by atoms with Gasteiger partial charge in [-0.1, -0.05) is 6.07 Å². The SMILES string of the molecule is COC1=Nc2cc(C(=O)O)ccc2C1.